The minimum Gasteiger partial charge on any atom is -0.508 e. The average molecular weight is 166 g/mol. The Balaban J connectivity index is 2.55. The molecule has 1 heterocycles. The summed E-state index contributed by atoms with van der Waals surface area (Å²) in [7, 11) is 1.57. The molecular weight excluding hydrogens is 156 g/mol. The smallest absolute Gasteiger partial charge is 0.164 e. The van der Waals surface area contributed by atoms with E-state index in [-0.39, 0.29) is 5.75 Å². The third kappa shape index (κ3) is 0.978. The lowest BCUT2D eigenvalue weighted by atomic mass is 10.1. The first-order chi connectivity index (χ1) is 5.81. The summed E-state index contributed by atoms with van der Waals surface area (Å²) in [5.74, 6) is 1.62. The number of benzene rings is 1. The molecule has 3 nitrogen and oxygen atoms in total. The standard InChI is InChI=1S/C9H10O3/c1-11-8-5-7(10)4-6-2-3-12-9(6)8/h4-5,10H,2-3H2,1H3. The Morgan fingerprint density at radius 3 is 3.08 bits per heavy atom. The van der Waals surface area contributed by atoms with Gasteiger partial charge in [0, 0.05) is 18.1 Å². The lowest BCUT2D eigenvalue weighted by Gasteiger charge is -2.06. The summed E-state index contributed by atoms with van der Waals surface area (Å²) in [5.41, 5.74) is 1.02. The van der Waals surface area contributed by atoms with Crippen molar-refractivity contribution in [3.05, 3.63) is 17.7 Å². The van der Waals surface area contributed by atoms with E-state index in [4.69, 9.17) is 9.47 Å². The number of phenols is 1. The highest BCUT2D eigenvalue weighted by molar-refractivity contribution is 5.52. The highest BCUT2D eigenvalue weighted by Gasteiger charge is 2.17. The zero-order valence-electron chi connectivity index (χ0n) is 6.83. The van der Waals surface area contributed by atoms with Gasteiger partial charge in [0.15, 0.2) is 11.5 Å². The molecule has 1 aromatic carbocycles. The Morgan fingerprint density at radius 1 is 1.50 bits per heavy atom. The molecule has 1 aliphatic heterocycles. The molecule has 0 unspecified atom stereocenters. The van der Waals surface area contributed by atoms with E-state index < -0.39 is 0 Å². The van der Waals surface area contributed by atoms with Crippen molar-refractivity contribution < 1.29 is 14.6 Å². The molecule has 0 saturated carbocycles. The molecular formula is C9H10O3. The van der Waals surface area contributed by atoms with Crippen molar-refractivity contribution in [2.45, 2.75) is 6.42 Å². The highest BCUT2D eigenvalue weighted by Crippen LogP contribution is 2.38. The van der Waals surface area contributed by atoms with Gasteiger partial charge in [-0.1, -0.05) is 0 Å². The summed E-state index contributed by atoms with van der Waals surface area (Å²) >= 11 is 0. The molecule has 2 rings (SSSR count). The number of rotatable bonds is 1. The fourth-order valence-electron chi connectivity index (χ4n) is 1.41. The third-order valence-electron chi connectivity index (χ3n) is 1.95. The quantitative estimate of drug-likeness (QED) is 0.684. The Kier molecular flexibility index (Phi) is 1.57. The van der Waals surface area contributed by atoms with Crippen LogP contribution in [0, 0.1) is 0 Å². The van der Waals surface area contributed by atoms with Crippen LogP contribution in [0.4, 0.5) is 0 Å². The monoisotopic (exact) mass is 166 g/mol. The van der Waals surface area contributed by atoms with E-state index in [2.05, 4.69) is 0 Å². The number of ether oxygens (including phenoxy) is 2. The van der Waals surface area contributed by atoms with E-state index in [0.717, 1.165) is 17.7 Å². The molecule has 0 radical (unpaired) electrons. The van der Waals surface area contributed by atoms with Crippen LogP contribution in [-0.2, 0) is 6.42 Å². The molecule has 1 N–H and O–H groups in total. The zero-order valence-corrected chi connectivity index (χ0v) is 6.83. The van der Waals surface area contributed by atoms with Crippen LogP contribution in [0.1, 0.15) is 5.56 Å². The molecule has 1 aliphatic rings. The highest BCUT2D eigenvalue weighted by atomic mass is 16.5. The van der Waals surface area contributed by atoms with Gasteiger partial charge < -0.3 is 14.6 Å². The van der Waals surface area contributed by atoms with Gasteiger partial charge in [-0.15, -0.1) is 0 Å². The topological polar surface area (TPSA) is 38.7 Å². The third-order valence-corrected chi connectivity index (χ3v) is 1.95. The molecule has 0 bridgehead atoms. The van der Waals surface area contributed by atoms with E-state index in [1.807, 2.05) is 0 Å². The molecule has 0 amide bonds. The first-order valence-corrected chi connectivity index (χ1v) is 3.84. The van der Waals surface area contributed by atoms with E-state index in [1.54, 1.807) is 19.2 Å². The van der Waals surface area contributed by atoms with Gasteiger partial charge in [0.2, 0.25) is 0 Å². The molecule has 64 valence electrons. The fourth-order valence-corrected chi connectivity index (χ4v) is 1.41. The van der Waals surface area contributed by atoms with E-state index >= 15 is 0 Å². The van der Waals surface area contributed by atoms with Crippen molar-refractivity contribution >= 4 is 0 Å². The van der Waals surface area contributed by atoms with Gasteiger partial charge >= 0.3 is 0 Å². The Morgan fingerprint density at radius 2 is 2.33 bits per heavy atom. The van der Waals surface area contributed by atoms with Gasteiger partial charge in [0.05, 0.1) is 13.7 Å². The molecule has 3 heteroatoms. The molecule has 0 atom stereocenters. The van der Waals surface area contributed by atoms with Crippen LogP contribution >= 0.6 is 0 Å². The van der Waals surface area contributed by atoms with Crippen molar-refractivity contribution in [3.63, 3.8) is 0 Å². The van der Waals surface area contributed by atoms with Gasteiger partial charge in [0.1, 0.15) is 5.75 Å². The summed E-state index contributed by atoms with van der Waals surface area (Å²) in [6, 6.07) is 3.27. The second-order valence-electron chi connectivity index (χ2n) is 2.73. The minimum atomic E-state index is 0.233. The van der Waals surface area contributed by atoms with Gasteiger partial charge in [-0.3, -0.25) is 0 Å². The maximum atomic E-state index is 9.27. The predicted octanol–water partition coefficient (Wildman–Crippen LogP) is 1.34. The second-order valence-corrected chi connectivity index (χ2v) is 2.73. The van der Waals surface area contributed by atoms with Gasteiger partial charge in [0.25, 0.3) is 0 Å². The van der Waals surface area contributed by atoms with Crippen molar-refractivity contribution in [3.8, 4) is 17.2 Å². The number of phenolic OH excluding ortho intramolecular Hbond substituents is 1. The lowest BCUT2D eigenvalue weighted by Crippen LogP contribution is -1.89. The van der Waals surface area contributed by atoms with Crippen LogP contribution in [0.25, 0.3) is 0 Å². The van der Waals surface area contributed by atoms with Crippen LogP contribution in [-0.4, -0.2) is 18.8 Å². The van der Waals surface area contributed by atoms with Gasteiger partial charge in [-0.2, -0.15) is 0 Å². The fraction of sp³-hybridized carbons (Fsp3) is 0.333. The molecule has 0 aromatic heterocycles. The minimum absolute atomic E-state index is 0.233. The first-order valence-electron chi connectivity index (χ1n) is 3.84. The van der Waals surface area contributed by atoms with Crippen LogP contribution in [0.2, 0.25) is 0 Å². The molecule has 0 saturated heterocycles. The number of hydrogen-bond donors (Lipinski definition) is 1. The maximum Gasteiger partial charge on any atom is 0.164 e. The van der Waals surface area contributed by atoms with Crippen molar-refractivity contribution in [2.24, 2.45) is 0 Å². The molecule has 1 aromatic rings. The second kappa shape index (κ2) is 2.59. The van der Waals surface area contributed by atoms with E-state index in [0.29, 0.717) is 12.4 Å². The van der Waals surface area contributed by atoms with Gasteiger partial charge in [-0.05, 0) is 6.07 Å². The summed E-state index contributed by atoms with van der Waals surface area (Å²) < 4.78 is 10.4. The number of methoxy groups -OCH3 is 1. The largest absolute Gasteiger partial charge is 0.508 e. The van der Waals surface area contributed by atoms with Gasteiger partial charge in [-0.25, -0.2) is 0 Å². The molecule has 0 aliphatic carbocycles. The number of hydrogen-bond acceptors (Lipinski definition) is 3. The van der Waals surface area contributed by atoms with Crippen molar-refractivity contribution in [2.75, 3.05) is 13.7 Å². The van der Waals surface area contributed by atoms with E-state index in [9.17, 15) is 5.11 Å². The Hall–Kier alpha value is -1.38. The zero-order chi connectivity index (χ0) is 8.55. The lowest BCUT2D eigenvalue weighted by molar-refractivity contribution is 0.325. The average Bonchev–Trinajstić information content (AvgIpc) is 2.50. The normalized spacial score (nSPS) is 13.8. The maximum absolute atomic E-state index is 9.27. The molecule has 0 fully saturated rings. The van der Waals surface area contributed by atoms with Crippen LogP contribution in [0.3, 0.4) is 0 Å². The summed E-state index contributed by atoms with van der Waals surface area (Å²) in [5, 5.41) is 9.27. The van der Waals surface area contributed by atoms with Crippen LogP contribution < -0.4 is 9.47 Å². The molecule has 0 spiro atoms. The number of fused-ring (bicyclic) bond motifs is 1. The Labute approximate surface area is 70.5 Å². The summed E-state index contributed by atoms with van der Waals surface area (Å²) in [6.45, 7) is 0.676. The first kappa shape index (κ1) is 7.28. The van der Waals surface area contributed by atoms with E-state index in [1.165, 1.54) is 0 Å². The van der Waals surface area contributed by atoms with Crippen molar-refractivity contribution in [1.82, 2.24) is 0 Å². The van der Waals surface area contributed by atoms with Crippen LogP contribution in [0.5, 0.6) is 17.2 Å². The Bertz CT molecular complexity index is 307. The summed E-state index contributed by atoms with van der Waals surface area (Å²) in [6.07, 6.45) is 0.847. The summed E-state index contributed by atoms with van der Waals surface area (Å²) in [4.78, 5) is 0. The van der Waals surface area contributed by atoms with Crippen LogP contribution in [0.15, 0.2) is 12.1 Å². The predicted molar refractivity (Wildman–Crippen MR) is 43.9 cm³/mol. The SMILES string of the molecule is COc1cc(O)cc2c1OCC2. The number of aromatic hydroxyl groups is 1. The molecule has 12 heavy (non-hydrogen) atoms. The van der Waals surface area contributed by atoms with Crippen molar-refractivity contribution in [1.29, 1.82) is 0 Å².